The average molecular weight is 555 g/mol. The molecule has 200 valence electrons. The second-order valence-electron chi connectivity index (χ2n) is 9.01. The summed E-state index contributed by atoms with van der Waals surface area (Å²) in [6.45, 7) is 2.16. The van der Waals surface area contributed by atoms with E-state index >= 15 is 0 Å². The van der Waals surface area contributed by atoms with Gasteiger partial charge in [0.25, 0.3) is 11.8 Å². The number of halogens is 2. The van der Waals surface area contributed by atoms with Gasteiger partial charge in [-0.3, -0.25) is 9.59 Å². The Labute approximate surface area is 235 Å². The van der Waals surface area contributed by atoms with E-state index in [-0.39, 0.29) is 11.4 Å². The summed E-state index contributed by atoms with van der Waals surface area (Å²) in [6.07, 6.45) is 1.72. The van der Waals surface area contributed by atoms with E-state index in [0.29, 0.717) is 51.9 Å². The molecule has 1 heterocycles. The number of hydrogen-bond donors (Lipinski definition) is 0. The molecule has 4 aromatic rings. The fourth-order valence-electron chi connectivity index (χ4n) is 4.53. The molecule has 1 saturated heterocycles. The number of rotatable bonds is 7. The molecule has 0 saturated carbocycles. The van der Waals surface area contributed by atoms with Crippen molar-refractivity contribution in [3.8, 4) is 5.75 Å². The van der Waals surface area contributed by atoms with Gasteiger partial charge in [0.15, 0.2) is 0 Å². The highest BCUT2D eigenvalue weighted by atomic mass is 35.5. The fraction of sp³-hybridized carbons (Fsp3) is 0.0938. The zero-order chi connectivity index (χ0) is 28.2. The molecule has 40 heavy (non-hydrogen) atoms. The number of para-hydroxylation sites is 2. The molecular formula is C32H24ClFN2O4. The first kappa shape index (κ1) is 26.8. The van der Waals surface area contributed by atoms with Crippen molar-refractivity contribution in [1.29, 1.82) is 0 Å². The third kappa shape index (κ3) is 5.37. The smallest absolute Gasteiger partial charge is 0.343 e. The topological polar surface area (TPSA) is 66.9 Å². The molecule has 8 heteroatoms. The third-order valence-electron chi connectivity index (χ3n) is 6.34. The van der Waals surface area contributed by atoms with Crippen molar-refractivity contribution in [3.05, 3.63) is 130 Å². The van der Waals surface area contributed by atoms with E-state index in [1.807, 2.05) is 6.92 Å². The number of imide groups is 2. The van der Waals surface area contributed by atoms with E-state index in [1.54, 1.807) is 84.9 Å². The first-order valence-corrected chi connectivity index (χ1v) is 13.0. The summed E-state index contributed by atoms with van der Waals surface area (Å²) in [5.74, 6) is -1.43. The van der Waals surface area contributed by atoms with Crippen molar-refractivity contribution in [3.63, 3.8) is 0 Å². The maximum Gasteiger partial charge on any atom is 0.343 e. The molecule has 0 atom stereocenters. The minimum atomic E-state index is -0.775. The molecule has 6 nitrogen and oxygen atoms in total. The predicted molar refractivity (Wildman–Crippen MR) is 153 cm³/mol. The molecule has 0 spiro atoms. The van der Waals surface area contributed by atoms with Crippen LogP contribution in [0.5, 0.6) is 5.75 Å². The van der Waals surface area contributed by atoms with Crippen LogP contribution >= 0.6 is 11.6 Å². The maximum atomic E-state index is 13.8. The molecule has 0 aromatic heterocycles. The van der Waals surface area contributed by atoms with Crippen LogP contribution in [0.3, 0.4) is 0 Å². The lowest BCUT2D eigenvalue weighted by atomic mass is 9.99. The van der Waals surface area contributed by atoms with Crippen LogP contribution < -0.4 is 14.5 Å². The monoisotopic (exact) mass is 554 g/mol. The normalized spacial score (nSPS) is 13.6. The zero-order valence-corrected chi connectivity index (χ0v) is 22.3. The fourth-order valence-corrected chi connectivity index (χ4v) is 4.81. The van der Waals surface area contributed by atoms with E-state index in [9.17, 15) is 18.8 Å². The summed E-state index contributed by atoms with van der Waals surface area (Å²) in [7, 11) is 0. The number of carbonyl (C=O) groups is 3. The molecule has 0 radical (unpaired) electrons. The van der Waals surface area contributed by atoms with Gasteiger partial charge < -0.3 is 4.74 Å². The van der Waals surface area contributed by atoms with E-state index < -0.39 is 17.8 Å². The molecule has 0 unspecified atom stereocenters. The van der Waals surface area contributed by atoms with Gasteiger partial charge in [-0.2, -0.15) is 0 Å². The summed E-state index contributed by atoms with van der Waals surface area (Å²) in [6, 6.07) is 25.5. The lowest BCUT2D eigenvalue weighted by Crippen LogP contribution is -2.57. The second-order valence-corrected chi connectivity index (χ2v) is 9.42. The van der Waals surface area contributed by atoms with Crippen LogP contribution in [0.4, 0.5) is 20.6 Å². The van der Waals surface area contributed by atoms with Crippen LogP contribution in [-0.4, -0.2) is 24.5 Å². The molecule has 5 rings (SSSR count). The van der Waals surface area contributed by atoms with Crippen LogP contribution in [0.25, 0.3) is 6.08 Å². The molecule has 1 fully saturated rings. The number of hydrogen-bond acceptors (Lipinski definition) is 4. The Hall–Kier alpha value is -4.75. The molecular weight excluding hydrogens is 531 g/mol. The van der Waals surface area contributed by atoms with Crippen LogP contribution in [0.15, 0.2) is 103 Å². The molecule has 0 bridgehead atoms. The van der Waals surface area contributed by atoms with E-state index in [1.165, 1.54) is 18.2 Å². The Morgan fingerprint density at radius 3 is 1.95 bits per heavy atom. The first-order valence-electron chi connectivity index (χ1n) is 12.6. The number of benzene rings is 4. The Balaban J connectivity index is 1.60. The Morgan fingerprint density at radius 1 is 0.800 bits per heavy atom. The molecule has 0 N–H and O–H groups in total. The molecule has 4 aromatic carbocycles. The van der Waals surface area contributed by atoms with Crippen LogP contribution in [-0.2, 0) is 16.0 Å². The summed E-state index contributed by atoms with van der Waals surface area (Å²) in [5, 5.41) is 0.327. The number of carbonyl (C=O) groups excluding carboxylic acids is 3. The molecule has 4 amide bonds. The van der Waals surface area contributed by atoms with Crippen LogP contribution in [0.2, 0.25) is 5.02 Å². The van der Waals surface area contributed by atoms with E-state index in [2.05, 4.69) is 0 Å². The number of urea groups is 1. The summed E-state index contributed by atoms with van der Waals surface area (Å²) in [5.41, 5.74) is 2.23. The van der Waals surface area contributed by atoms with Crippen molar-refractivity contribution < 1.29 is 23.5 Å². The van der Waals surface area contributed by atoms with E-state index in [0.717, 1.165) is 9.80 Å². The van der Waals surface area contributed by atoms with Gasteiger partial charge in [-0.15, -0.1) is 0 Å². The van der Waals surface area contributed by atoms with E-state index in [4.69, 9.17) is 16.3 Å². The van der Waals surface area contributed by atoms with Crippen LogP contribution in [0, 0.1) is 5.82 Å². The minimum absolute atomic E-state index is 0.219. The van der Waals surface area contributed by atoms with Crippen molar-refractivity contribution in [2.75, 3.05) is 16.4 Å². The van der Waals surface area contributed by atoms with Gasteiger partial charge in [-0.1, -0.05) is 60.1 Å². The lowest BCUT2D eigenvalue weighted by Gasteiger charge is -2.34. The quantitative estimate of drug-likeness (QED) is 0.181. The largest absolute Gasteiger partial charge is 0.494 e. The Bertz CT molecular complexity index is 1560. The summed E-state index contributed by atoms with van der Waals surface area (Å²) < 4.78 is 19.6. The van der Waals surface area contributed by atoms with Crippen molar-refractivity contribution >= 4 is 46.9 Å². The SMILES string of the molecule is CCOc1cc(C=C2C(=O)N(c3ccccc3)C(=O)N(c3ccccc3)C2=O)cc(Cl)c1Cc1cccc(F)c1. The number of barbiturate groups is 1. The van der Waals surface area contributed by atoms with Gasteiger partial charge >= 0.3 is 6.03 Å². The number of amides is 4. The standard InChI is InChI=1S/C32H24ClFN2O4/c1-2-40-29-20-22(19-28(33)26(29)17-21-10-9-11-23(34)16-21)18-27-30(37)35(24-12-5-3-6-13-24)32(39)36(31(27)38)25-14-7-4-8-15-25/h3-16,18-20H,2,17H2,1H3. The number of nitrogens with zero attached hydrogens (tertiary/aromatic N) is 2. The summed E-state index contributed by atoms with van der Waals surface area (Å²) >= 11 is 6.67. The Morgan fingerprint density at radius 2 is 1.40 bits per heavy atom. The zero-order valence-electron chi connectivity index (χ0n) is 21.5. The van der Waals surface area contributed by atoms with Crippen molar-refractivity contribution in [1.82, 2.24) is 0 Å². The molecule has 0 aliphatic carbocycles. The second kappa shape index (κ2) is 11.6. The van der Waals surface area contributed by atoms with Gasteiger partial charge in [0.1, 0.15) is 17.1 Å². The Kier molecular flexibility index (Phi) is 7.75. The van der Waals surface area contributed by atoms with Crippen molar-refractivity contribution in [2.24, 2.45) is 0 Å². The highest BCUT2D eigenvalue weighted by Gasteiger charge is 2.43. The van der Waals surface area contributed by atoms with Gasteiger partial charge in [0.2, 0.25) is 0 Å². The first-order chi connectivity index (χ1) is 19.4. The highest BCUT2D eigenvalue weighted by Crippen LogP contribution is 2.34. The summed E-state index contributed by atoms with van der Waals surface area (Å²) in [4.78, 5) is 42.8. The van der Waals surface area contributed by atoms with Gasteiger partial charge in [-0.25, -0.2) is 19.0 Å². The van der Waals surface area contributed by atoms with Crippen LogP contribution in [0.1, 0.15) is 23.6 Å². The molecule has 1 aliphatic rings. The average Bonchev–Trinajstić information content (AvgIpc) is 2.94. The highest BCUT2D eigenvalue weighted by molar-refractivity contribution is 6.46. The lowest BCUT2D eigenvalue weighted by molar-refractivity contribution is -0.121. The van der Waals surface area contributed by atoms with Gasteiger partial charge in [-0.05, 0) is 72.7 Å². The predicted octanol–water partition coefficient (Wildman–Crippen LogP) is 7.05. The van der Waals surface area contributed by atoms with Gasteiger partial charge in [0.05, 0.1) is 18.0 Å². The minimum Gasteiger partial charge on any atom is -0.494 e. The molecule has 1 aliphatic heterocycles. The van der Waals surface area contributed by atoms with Crippen molar-refractivity contribution in [2.45, 2.75) is 13.3 Å². The number of ether oxygens (including phenoxy) is 1. The van der Waals surface area contributed by atoms with Gasteiger partial charge in [0, 0.05) is 17.0 Å². The number of anilines is 2. The maximum absolute atomic E-state index is 13.8. The third-order valence-corrected chi connectivity index (χ3v) is 6.67.